The van der Waals surface area contributed by atoms with Crippen LogP contribution >= 0.6 is 0 Å². The van der Waals surface area contributed by atoms with E-state index in [1.54, 1.807) is 24.3 Å². The zero-order chi connectivity index (χ0) is 13.8. The SMILES string of the molecule is O[NH2+]c1ccc(/C=C/c2cc(O)c(O)c(O)c2)cc1. The van der Waals surface area contributed by atoms with Crippen LogP contribution in [-0.2, 0) is 0 Å². The van der Waals surface area contributed by atoms with Crippen LogP contribution in [0.4, 0.5) is 5.69 Å². The lowest BCUT2D eigenvalue weighted by molar-refractivity contribution is -0.825. The highest BCUT2D eigenvalue weighted by Gasteiger charge is 2.06. The fourth-order valence-corrected chi connectivity index (χ4v) is 1.61. The molecule has 98 valence electrons. The number of phenolic OH excluding ortho intramolecular Hbond substituents is 3. The van der Waals surface area contributed by atoms with Gasteiger partial charge in [-0.3, -0.25) is 0 Å². The lowest BCUT2D eigenvalue weighted by Gasteiger charge is -2.02. The first-order valence-corrected chi connectivity index (χ1v) is 5.60. The van der Waals surface area contributed by atoms with E-state index in [0.29, 0.717) is 11.3 Å². The summed E-state index contributed by atoms with van der Waals surface area (Å²) in [7, 11) is 0. The third-order valence-electron chi connectivity index (χ3n) is 2.65. The molecule has 0 fully saturated rings. The Hall–Kier alpha value is -2.50. The second kappa shape index (κ2) is 5.43. The van der Waals surface area contributed by atoms with E-state index in [0.717, 1.165) is 11.0 Å². The lowest BCUT2D eigenvalue weighted by Crippen LogP contribution is -2.73. The molecule has 5 heteroatoms. The predicted molar refractivity (Wildman–Crippen MR) is 70.2 cm³/mol. The van der Waals surface area contributed by atoms with Crippen LogP contribution in [-0.4, -0.2) is 20.5 Å². The second-order valence-electron chi connectivity index (χ2n) is 4.04. The molecule has 0 amide bonds. The molecule has 0 saturated heterocycles. The molecule has 5 nitrogen and oxygen atoms in total. The van der Waals surface area contributed by atoms with Gasteiger partial charge < -0.3 is 15.3 Å². The second-order valence-corrected chi connectivity index (χ2v) is 4.04. The fraction of sp³-hybridized carbons (Fsp3) is 0. The van der Waals surface area contributed by atoms with E-state index in [4.69, 9.17) is 5.21 Å². The number of quaternary nitrogens is 1. The van der Waals surface area contributed by atoms with E-state index in [2.05, 4.69) is 0 Å². The minimum atomic E-state index is -0.528. The third kappa shape index (κ3) is 3.04. The molecule has 0 aliphatic rings. The van der Waals surface area contributed by atoms with E-state index in [-0.39, 0.29) is 11.5 Å². The number of aromatic hydroxyl groups is 3. The van der Waals surface area contributed by atoms with Gasteiger partial charge in [-0.05, 0) is 35.4 Å². The van der Waals surface area contributed by atoms with Crippen LogP contribution in [0.1, 0.15) is 11.1 Å². The standard InChI is InChI=1S/C14H13NO4/c16-12-7-10(8-13(17)14(12)18)2-1-9-3-5-11(15-19)6-4-9/h1-8,15-19H/p+1/b2-1+. The molecule has 0 aliphatic heterocycles. The van der Waals surface area contributed by atoms with Gasteiger partial charge in [0.1, 0.15) is 0 Å². The van der Waals surface area contributed by atoms with Crippen LogP contribution < -0.4 is 5.48 Å². The molecule has 6 N–H and O–H groups in total. The normalized spacial score (nSPS) is 11.0. The van der Waals surface area contributed by atoms with Crippen LogP contribution in [0.5, 0.6) is 17.2 Å². The monoisotopic (exact) mass is 260 g/mol. The molecule has 19 heavy (non-hydrogen) atoms. The molecule has 0 saturated carbocycles. The number of benzene rings is 2. The van der Waals surface area contributed by atoms with Crippen molar-refractivity contribution < 1.29 is 26.0 Å². The Balaban J connectivity index is 2.22. The van der Waals surface area contributed by atoms with Crippen molar-refractivity contribution in [1.82, 2.24) is 0 Å². The van der Waals surface area contributed by atoms with Crippen molar-refractivity contribution in [3.63, 3.8) is 0 Å². The summed E-state index contributed by atoms with van der Waals surface area (Å²) in [5.74, 6) is -1.27. The molecule has 0 atom stereocenters. The Labute approximate surface area is 109 Å². The summed E-state index contributed by atoms with van der Waals surface area (Å²) < 4.78 is 0. The van der Waals surface area contributed by atoms with Gasteiger partial charge in [-0.1, -0.05) is 12.2 Å². The summed E-state index contributed by atoms with van der Waals surface area (Å²) in [6.45, 7) is 0. The van der Waals surface area contributed by atoms with Crippen molar-refractivity contribution in [1.29, 1.82) is 0 Å². The van der Waals surface area contributed by atoms with Gasteiger partial charge in [0, 0.05) is 12.1 Å². The molecule has 0 heterocycles. The minimum Gasteiger partial charge on any atom is -0.504 e. The summed E-state index contributed by atoms with van der Waals surface area (Å²) in [6.07, 6.45) is 3.48. The molecule has 0 spiro atoms. The van der Waals surface area contributed by atoms with Gasteiger partial charge in [-0.15, -0.1) is 0 Å². The molecule has 0 radical (unpaired) electrons. The minimum absolute atomic E-state index is 0.370. The number of hydrogen-bond donors (Lipinski definition) is 5. The van der Waals surface area contributed by atoms with E-state index in [9.17, 15) is 15.3 Å². The fourth-order valence-electron chi connectivity index (χ4n) is 1.61. The Morgan fingerprint density at radius 3 is 1.84 bits per heavy atom. The van der Waals surface area contributed by atoms with E-state index < -0.39 is 5.75 Å². The average molecular weight is 260 g/mol. The largest absolute Gasteiger partial charge is 0.504 e. The van der Waals surface area contributed by atoms with Crippen LogP contribution in [0.25, 0.3) is 12.2 Å². The molecule has 0 bridgehead atoms. The first kappa shape index (κ1) is 12.9. The van der Waals surface area contributed by atoms with Crippen molar-refractivity contribution >= 4 is 17.8 Å². The first-order chi connectivity index (χ1) is 9.10. The highest BCUT2D eigenvalue weighted by Crippen LogP contribution is 2.35. The highest BCUT2D eigenvalue weighted by atomic mass is 16.5. The van der Waals surface area contributed by atoms with Crippen molar-refractivity contribution in [2.45, 2.75) is 0 Å². The maximum Gasteiger partial charge on any atom is 0.200 e. The third-order valence-corrected chi connectivity index (χ3v) is 2.65. The highest BCUT2D eigenvalue weighted by molar-refractivity contribution is 5.72. The van der Waals surface area contributed by atoms with Crippen LogP contribution in [0.15, 0.2) is 36.4 Å². The van der Waals surface area contributed by atoms with E-state index in [1.807, 2.05) is 12.1 Å². The van der Waals surface area contributed by atoms with Gasteiger partial charge in [0.2, 0.25) is 0 Å². The predicted octanol–water partition coefficient (Wildman–Crippen LogP) is 1.56. The number of nitrogens with two attached hydrogens (primary N) is 1. The molecular formula is C14H14NO4+. The van der Waals surface area contributed by atoms with Crippen molar-refractivity contribution in [3.8, 4) is 17.2 Å². The van der Waals surface area contributed by atoms with E-state index >= 15 is 0 Å². The number of hydrogen-bond acceptors (Lipinski definition) is 4. The summed E-state index contributed by atoms with van der Waals surface area (Å²) in [5.41, 5.74) is 3.18. The van der Waals surface area contributed by atoms with Crippen molar-refractivity contribution in [2.24, 2.45) is 0 Å². The number of phenols is 3. The maximum absolute atomic E-state index is 9.37. The van der Waals surface area contributed by atoms with Gasteiger partial charge >= 0.3 is 0 Å². The van der Waals surface area contributed by atoms with Crippen molar-refractivity contribution in [3.05, 3.63) is 47.5 Å². The molecule has 0 aromatic heterocycles. The zero-order valence-electron chi connectivity index (χ0n) is 9.99. The van der Waals surface area contributed by atoms with Gasteiger partial charge in [0.15, 0.2) is 22.9 Å². The topological polar surface area (TPSA) is 97.5 Å². The average Bonchev–Trinajstić information content (AvgIpc) is 2.43. The Bertz CT molecular complexity index is 582. The zero-order valence-corrected chi connectivity index (χ0v) is 9.99. The van der Waals surface area contributed by atoms with Gasteiger partial charge in [-0.25, -0.2) is 5.21 Å². The molecule has 2 rings (SSSR count). The van der Waals surface area contributed by atoms with Gasteiger partial charge in [0.05, 0.1) is 0 Å². The Morgan fingerprint density at radius 1 is 0.789 bits per heavy atom. The maximum atomic E-state index is 9.37. The summed E-state index contributed by atoms with van der Waals surface area (Å²) in [6, 6.07) is 9.84. The Kier molecular flexibility index (Phi) is 3.70. The van der Waals surface area contributed by atoms with Crippen molar-refractivity contribution in [2.75, 3.05) is 0 Å². The molecule has 0 aliphatic carbocycles. The molecular weight excluding hydrogens is 246 g/mol. The quantitative estimate of drug-likeness (QED) is 0.250. The van der Waals surface area contributed by atoms with E-state index in [1.165, 1.54) is 12.1 Å². The molecule has 2 aromatic rings. The summed E-state index contributed by atoms with van der Waals surface area (Å²) >= 11 is 0. The van der Waals surface area contributed by atoms with Gasteiger partial charge in [0.25, 0.3) is 0 Å². The van der Waals surface area contributed by atoms with Crippen LogP contribution in [0.2, 0.25) is 0 Å². The Morgan fingerprint density at radius 2 is 1.32 bits per heavy atom. The summed E-state index contributed by atoms with van der Waals surface area (Å²) in [4.78, 5) is 0. The van der Waals surface area contributed by atoms with Gasteiger partial charge in [-0.2, -0.15) is 5.48 Å². The smallest absolute Gasteiger partial charge is 0.200 e. The molecule has 2 aromatic carbocycles. The van der Waals surface area contributed by atoms with Crippen LogP contribution in [0, 0.1) is 0 Å². The number of rotatable bonds is 3. The molecule has 0 unspecified atom stereocenters. The lowest BCUT2D eigenvalue weighted by atomic mass is 10.1. The van der Waals surface area contributed by atoms with Crippen LogP contribution in [0.3, 0.4) is 0 Å². The first-order valence-electron chi connectivity index (χ1n) is 5.60. The summed E-state index contributed by atoms with van der Waals surface area (Å²) in [5, 5.41) is 36.8.